The predicted octanol–water partition coefficient (Wildman–Crippen LogP) is 2.75. The van der Waals surface area contributed by atoms with Crippen LogP contribution >= 0.6 is 0 Å². The molecule has 3 heterocycles. The van der Waals surface area contributed by atoms with Crippen LogP contribution in [0, 0.1) is 0 Å². The molecule has 0 aliphatic heterocycles. The van der Waals surface area contributed by atoms with Crippen molar-refractivity contribution < 1.29 is 9.53 Å². The van der Waals surface area contributed by atoms with Crippen LogP contribution in [0.25, 0.3) is 11.0 Å². The Morgan fingerprint density at radius 1 is 1.33 bits per heavy atom. The van der Waals surface area contributed by atoms with E-state index in [2.05, 4.69) is 32.2 Å². The van der Waals surface area contributed by atoms with Crippen molar-refractivity contribution >= 4 is 22.8 Å². The van der Waals surface area contributed by atoms with Gasteiger partial charge in [-0.2, -0.15) is 5.10 Å². The maximum atomic E-state index is 12.6. The fourth-order valence-corrected chi connectivity index (χ4v) is 2.76. The molecule has 3 rings (SSSR count). The highest BCUT2D eigenvalue weighted by Gasteiger charge is 2.15. The number of amides is 1. The molecule has 0 saturated carbocycles. The molecule has 0 fully saturated rings. The fourth-order valence-electron chi connectivity index (χ4n) is 2.76. The van der Waals surface area contributed by atoms with Gasteiger partial charge in [0.15, 0.2) is 5.82 Å². The van der Waals surface area contributed by atoms with Gasteiger partial charge in [0, 0.05) is 37.6 Å². The molecular weight excluding hydrogens is 344 g/mol. The standard InChI is InChI=1S/C19H26N6O2/c1-4-9-25-11-8-16(23-25)21-19(26)14-13-20-15-6-7-17(22-18(14)15)27-12-5-10-24(2)3/h6-8,11,13,20H,4-5,9-10,12H2,1-3H3,(H,21,23,26). The van der Waals surface area contributed by atoms with Crippen LogP contribution in [0.4, 0.5) is 5.82 Å². The van der Waals surface area contributed by atoms with Crippen LogP contribution in [0.5, 0.6) is 5.88 Å². The number of hydrogen-bond acceptors (Lipinski definition) is 5. The van der Waals surface area contributed by atoms with Crippen molar-refractivity contribution in [3.63, 3.8) is 0 Å². The minimum absolute atomic E-state index is 0.250. The van der Waals surface area contributed by atoms with Gasteiger partial charge >= 0.3 is 0 Å². The first-order valence-corrected chi connectivity index (χ1v) is 9.17. The van der Waals surface area contributed by atoms with Crippen LogP contribution in [0.3, 0.4) is 0 Å². The van der Waals surface area contributed by atoms with Gasteiger partial charge in [0.1, 0.15) is 5.52 Å². The van der Waals surface area contributed by atoms with E-state index in [0.717, 1.165) is 31.4 Å². The monoisotopic (exact) mass is 370 g/mol. The average Bonchev–Trinajstić information content (AvgIpc) is 3.25. The van der Waals surface area contributed by atoms with Crippen molar-refractivity contribution in [2.24, 2.45) is 0 Å². The van der Waals surface area contributed by atoms with Crippen LogP contribution in [0.2, 0.25) is 0 Å². The summed E-state index contributed by atoms with van der Waals surface area (Å²) in [5, 5.41) is 7.16. The summed E-state index contributed by atoms with van der Waals surface area (Å²) >= 11 is 0. The molecule has 0 aromatic carbocycles. The van der Waals surface area contributed by atoms with E-state index < -0.39 is 0 Å². The molecule has 144 valence electrons. The number of pyridine rings is 1. The van der Waals surface area contributed by atoms with Gasteiger partial charge in [-0.25, -0.2) is 4.98 Å². The molecular formula is C19H26N6O2. The highest BCUT2D eigenvalue weighted by molar-refractivity contribution is 6.11. The van der Waals surface area contributed by atoms with Gasteiger partial charge in [0.25, 0.3) is 5.91 Å². The number of ether oxygens (including phenoxy) is 1. The van der Waals surface area contributed by atoms with Crippen LogP contribution in [-0.4, -0.2) is 57.8 Å². The Balaban J connectivity index is 1.69. The molecule has 0 saturated heterocycles. The third kappa shape index (κ3) is 4.85. The molecule has 1 amide bonds. The molecule has 8 nitrogen and oxygen atoms in total. The number of aryl methyl sites for hydroxylation is 1. The Kier molecular flexibility index (Phi) is 6.08. The lowest BCUT2D eigenvalue weighted by Gasteiger charge is -2.10. The Labute approximate surface area is 158 Å². The molecule has 0 aliphatic carbocycles. The Bertz CT molecular complexity index is 899. The summed E-state index contributed by atoms with van der Waals surface area (Å²) < 4.78 is 7.53. The lowest BCUT2D eigenvalue weighted by atomic mass is 10.2. The molecule has 0 radical (unpaired) electrons. The zero-order valence-electron chi connectivity index (χ0n) is 16.0. The SMILES string of the molecule is CCCn1ccc(NC(=O)c2c[nH]c3ccc(OCCCN(C)C)nc23)n1. The minimum Gasteiger partial charge on any atom is -0.478 e. The summed E-state index contributed by atoms with van der Waals surface area (Å²) in [4.78, 5) is 22.3. The highest BCUT2D eigenvalue weighted by atomic mass is 16.5. The van der Waals surface area contributed by atoms with Crippen molar-refractivity contribution in [1.29, 1.82) is 0 Å². The summed E-state index contributed by atoms with van der Waals surface area (Å²) in [5.41, 5.74) is 1.84. The van der Waals surface area contributed by atoms with E-state index in [9.17, 15) is 4.79 Å². The normalized spacial score (nSPS) is 11.3. The second-order valence-electron chi connectivity index (χ2n) is 6.67. The minimum atomic E-state index is -0.250. The number of rotatable bonds is 9. The number of hydrogen-bond donors (Lipinski definition) is 2. The quantitative estimate of drug-likeness (QED) is 0.566. The summed E-state index contributed by atoms with van der Waals surface area (Å²) in [7, 11) is 4.06. The molecule has 2 N–H and O–H groups in total. The van der Waals surface area contributed by atoms with Gasteiger partial charge in [-0.3, -0.25) is 9.48 Å². The van der Waals surface area contributed by atoms with E-state index in [0.29, 0.717) is 29.4 Å². The molecule has 3 aromatic rings. The number of fused-ring (bicyclic) bond motifs is 1. The third-order valence-corrected chi connectivity index (χ3v) is 4.08. The van der Waals surface area contributed by atoms with Gasteiger partial charge in [0.05, 0.1) is 17.7 Å². The van der Waals surface area contributed by atoms with E-state index >= 15 is 0 Å². The largest absolute Gasteiger partial charge is 0.478 e. The van der Waals surface area contributed by atoms with E-state index in [-0.39, 0.29) is 5.91 Å². The van der Waals surface area contributed by atoms with E-state index in [1.807, 2.05) is 37.1 Å². The number of nitrogens with one attached hydrogen (secondary N) is 2. The number of aromatic amines is 1. The molecule has 3 aromatic heterocycles. The van der Waals surface area contributed by atoms with Crippen molar-refractivity contribution in [2.45, 2.75) is 26.3 Å². The summed E-state index contributed by atoms with van der Waals surface area (Å²) in [6, 6.07) is 5.47. The fraction of sp³-hybridized carbons (Fsp3) is 0.421. The van der Waals surface area contributed by atoms with Crippen LogP contribution in [0.15, 0.2) is 30.6 Å². The lowest BCUT2D eigenvalue weighted by molar-refractivity contribution is 0.102. The Morgan fingerprint density at radius 2 is 2.19 bits per heavy atom. The maximum Gasteiger partial charge on any atom is 0.260 e. The van der Waals surface area contributed by atoms with Gasteiger partial charge in [-0.15, -0.1) is 0 Å². The zero-order chi connectivity index (χ0) is 19.2. The van der Waals surface area contributed by atoms with Crippen LogP contribution in [0.1, 0.15) is 30.1 Å². The first-order chi connectivity index (χ1) is 13.1. The van der Waals surface area contributed by atoms with Crippen molar-refractivity contribution in [1.82, 2.24) is 24.6 Å². The number of anilines is 1. The molecule has 0 atom stereocenters. The van der Waals surface area contributed by atoms with Crippen LogP contribution < -0.4 is 10.1 Å². The molecule has 0 aliphatic rings. The van der Waals surface area contributed by atoms with E-state index in [4.69, 9.17) is 4.74 Å². The molecule has 0 unspecified atom stereocenters. The summed E-state index contributed by atoms with van der Waals surface area (Å²) in [6.07, 6.45) is 5.41. The summed E-state index contributed by atoms with van der Waals surface area (Å²) in [5.74, 6) is 0.793. The topological polar surface area (TPSA) is 88.1 Å². The number of carbonyl (C=O) groups is 1. The van der Waals surface area contributed by atoms with Crippen molar-refractivity contribution in [3.05, 3.63) is 36.2 Å². The van der Waals surface area contributed by atoms with Crippen molar-refractivity contribution in [2.75, 3.05) is 32.6 Å². The first kappa shape index (κ1) is 18.9. The van der Waals surface area contributed by atoms with Crippen molar-refractivity contribution in [3.8, 4) is 5.88 Å². The maximum absolute atomic E-state index is 12.6. The van der Waals surface area contributed by atoms with Gasteiger partial charge < -0.3 is 19.9 Å². The second kappa shape index (κ2) is 8.68. The highest BCUT2D eigenvalue weighted by Crippen LogP contribution is 2.21. The summed E-state index contributed by atoms with van der Waals surface area (Å²) in [6.45, 7) is 4.43. The molecule has 27 heavy (non-hydrogen) atoms. The Hall–Kier alpha value is -2.87. The van der Waals surface area contributed by atoms with E-state index in [1.165, 1.54) is 0 Å². The third-order valence-electron chi connectivity index (χ3n) is 4.08. The first-order valence-electron chi connectivity index (χ1n) is 9.17. The zero-order valence-corrected chi connectivity index (χ0v) is 16.0. The van der Waals surface area contributed by atoms with Gasteiger partial charge in [0.2, 0.25) is 5.88 Å². The number of aromatic nitrogens is 4. The number of nitrogens with zero attached hydrogens (tertiary/aromatic N) is 4. The molecule has 0 spiro atoms. The smallest absolute Gasteiger partial charge is 0.260 e. The second-order valence-corrected chi connectivity index (χ2v) is 6.67. The number of carbonyl (C=O) groups excluding carboxylic acids is 1. The predicted molar refractivity (Wildman–Crippen MR) is 105 cm³/mol. The molecule has 8 heteroatoms. The van der Waals surface area contributed by atoms with Gasteiger partial charge in [-0.1, -0.05) is 6.92 Å². The number of H-pyrrole nitrogens is 1. The lowest BCUT2D eigenvalue weighted by Crippen LogP contribution is -2.15. The average molecular weight is 370 g/mol. The Morgan fingerprint density at radius 3 is 2.96 bits per heavy atom. The molecule has 0 bridgehead atoms. The van der Waals surface area contributed by atoms with Gasteiger partial charge in [-0.05, 0) is 33.0 Å². The van der Waals surface area contributed by atoms with E-state index in [1.54, 1.807) is 12.3 Å². The van der Waals surface area contributed by atoms with Crippen LogP contribution in [-0.2, 0) is 6.54 Å².